The van der Waals surface area contributed by atoms with Crippen LogP contribution in [0.4, 0.5) is 4.39 Å². The van der Waals surface area contributed by atoms with Gasteiger partial charge >= 0.3 is 0 Å². The summed E-state index contributed by atoms with van der Waals surface area (Å²) in [7, 11) is 0. The van der Waals surface area contributed by atoms with Crippen LogP contribution in [-0.2, 0) is 17.8 Å². The third kappa shape index (κ3) is 7.06. The van der Waals surface area contributed by atoms with Crippen molar-refractivity contribution in [2.45, 2.75) is 26.1 Å². The van der Waals surface area contributed by atoms with Crippen molar-refractivity contribution in [1.82, 2.24) is 4.90 Å². The number of aliphatic hydroxyl groups excluding tert-OH is 1. The Morgan fingerprint density at radius 1 is 1.08 bits per heavy atom. The van der Waals surface area contributed by atoms with E-state index in [1.165, 1.54) is 17.7 Å². The van der Waals surface area contributed by atoms with E-state index >= 15 is 0 Å². The highest BCUT2D eigenvalue weighted by Gasteiger charge is 2.13. The minimum Gasteiger partial charge on any atom is -0.389 e. The van der Waals surface area contributed by atoms with E-state index in [9.17, 15) is 9.50 Å². The molecule has 0 amide bonds. The molecule has 0 aromatic heterocycles. The number of terminal acetylenes is 1. The summed E-state index contributed by atoms with van der Waals surface area (Å²) >= 11 is 0. The van der Waals surface area contributed by atoms with Crippen molar-refractivity contribution in [1.29, 1.82) is 0 Å². The monoisotopic (exact) mass is 341 g/mol. The molecule has 132 valence electrons. The van der Waals surface area contributed by atoms with E-state index in [2.05, 4.69) is 35.1 Å². The molecule has 2 aromatic carbocycles. The molecule has 0 saturated carbocycles. The van der Waals surface area contributed by atoms with Crippen LogP contribution < -0.4 is 0 Å². The number of aryl methyl sites for hydroxylation is 1. The van der Waals surface area contributed by atoms with Gasteiger partial charge in [-0.2, -0.15) is 0 Å². The molecule has 4 heteroatoms. The van der Waals surface area contributed by atoms with Gasteiger partial charge in [0.1, 0.15) is 12.4 Å². The van der Waals surface area contributed by atoms with Crippen LogP contribution in [0, 0.1) is 25.1 Å². The number of benzene rings is 2. The molecule has 1 N–H and O–H groups in total. The lowest BCUT2D eigenvalue weighted by Crippen LogP contribution is -2.34. The fraction of sp³-hybridized carbons (Fsp3) is 0.333. The summed E-state index contributed by atoms with van der Waals surface area (Å²) in [5.74, 6) is 2.13. The number of halogens is 1. The largest absolute Gasteiger partial charge is 0.389 e. The third-order valence-electron chi connectivity index (χ3n) is 3.81. The molecule has 0 radical (unpaired) electrons. The Morgan fingerprint density at radius 2 is 1.64 bits per heavy atom. The van der Waals surface area contributed by atoms with E-state index < -0.39 is 6.10 Å². The van der Waals surface area contributed by atoms with Gasteiger partial charge in [0.05, 0.1) is 12.7 Å². The summed E-state index contributed by atoms with van der Waals surface area (Å²) < 4.78 is 18.3. The summed E-state index contributed by atoms with van der Waals surface area (Å²) in [6.45, 7) is 4.16. The molecule has 0 spiro atoms. The predicted octanol–water partition coefficient (Wildman–Crippen LogP) is 3.15. The summed E-state index contributed by atoms with van der Waals surface area (Å²) in [6, 6.07) is 14.7. The molecule has 3 nitrogen and oxygen atoms in total. The van der Waals surface area contributed by atoms with Crippen LogP contribution in [0.3, 0.4) is 0 Å². The number of hydrogen-bond acceptors (Lipinski definition) is 3. The average Bonchev–Trinajstić information content (AvgIpc) is 2.59. The first kappa shape index (κ1) is 19.1. The van der Waals surface area contributed by atoms with E-state index in [0.29, 0.717) is 19.6 Å². The van der Waals surface area contributed by atoms with Crippen LogP contribution >= 0.6 is 0 Å². The van der Waals surface area contributed by atoms with Gasteiger partial charge < -0.3 is 9.84 Å². The van der Waals surface area contributed by atoms with Crippen LogP contribution in [0.1, 0.15) is 16.7 Å². The summed E-state index contributed by atoms with van der Waals surface area (Å²) in [6.07, 6.45) is 4.51. The molecule has 1 atom stereocenters. The van der Waals surface area contributed by atoms with E-state index in [4.69, 9.17) is 11.2 Å². The van der Waals surface area contributed by atoms with Crippen molar-refractivity contribution >= 4 is 0 Å². The average molecular weight is 341 g/mol. The molecular weight excluding hydrogens is 317 g/mol. The van der Waals surface area contributed by atoms with E-state index in [-0.39, 0.29) is 19.0 Å². The SMILES string of the molecule is C#CCOC[C@@H](O)CN(Cc1ccc(C)cc1)Cc1ccc(F)cc1. The Morgan fingerprint density at radius 3 is 2.20 bits per heavy atom. The first-order valence-corrected chi connectivity index (χ1v) is 8.28. The standard InChI is InChI=1S/C21H24FNO2/c1-3-12-25-16-21(24)15-23(13-18-6-4-17(2)5-7-18)14-19-8-10-20(22)11-9-19/h1,4-11,21,24H,12-16H2,2H3/t21-/m0/s1. The van der Waals surface area contributed by atoms with Gasteiger partial charge in [-0.15, -0.1) is 6.42 Å². The number of ether oxygens (including phenoxy) is 1. The fourth-order valence-corrected chi connectivity index (χ4v) is 2.59. The van der Waals surface area contributed by atoms with E-state index in [1.54, 1.807) is 12.1 Å². The Bertz CT molecular complexity index is 629. The maximum absolute atomic E-state index is 13.1. The van der Waals surface area contributed by atoms with Gasteiger partial charge in [0.25, 0.3) is 0 Å². The van der Waals surface area contributed by atoms with Gasteiger partial charge in [0.2, 0.25) is 0 Å². The van der Waals surface area contributed by atoms with Gasteiger partial charge in [0.15, 0.2) is 0 Å². The Labute approximate surface area is 149 Å². The number of nitrogens with zero attached hydrogens (tertiary/aromatic N) is 1. The third-order valence-corrected chi connectivity index (χ3v) is 3.81. The predicted molar refractivity (Wildman–Crippen MR) is 97.4 cm³/mol. The molecule has 2 aromatic rings. The van der Waals surface area contributed by atoms with Gasteiger partial charge in [-0.05, 0) is 30.2 Å². The van der Waals surface area contributed by atoms with E-state index in [0.717, 1.165) is 11.1 Å². The lowest BCUT2D eigenvalue weighted by atomic mass is 10.1. The van der Waals surface area contributed by atoms with Crippen molar-refractivity contribution in [3.63, 3.8) is 0 Å². The van der Waals surface area contributed by atoms with Crippen LogP contribution in [0.15, 0.2) is 48.5 Å². The zero-order valence-electron chi connectivity index (χ0n) is 14.5. The highest BCUT2D eigenvalue weighted by Crippen LogP contribution is 2.12. The second-order valence-electron chi connectivity index (χ2n) is 6.15. The van der Waals surface area contributed by atoms with Crippen molar-refractivity contribution in [2.24, 2.45) is 0 Å². The van der Waals surface area contributed by atoms with Gasteiger partial charge in [-0.1, -0.05) is 47.9 Å². The second kappa shape index (κ2) is 9.95. The Balaban J connectivity index is 2.02. The summed E-state index contributed by atoms with van der Waals surface area (Å²) in [5, 5.41) is 10.2. The lowest BCUT2D eigenvalue weighted by Gasteiger charge is -2.25. The van der Waals surface area contributed by atoms with Crippen molar-refractivity contribution in [2.75, 3.05) is 19.8 Å². The van der Waals surface area contributed by atoms with Gasteiger partial charge in [0, 0.05) is 19.6 Å². The number of rotatable bonds is 9. The highest BCUT2D eigenvalue weighted by molar-refractivity contribution is 5.22. The zero-order valence-corrected chi connectivity index (χ0v) is 14.5. The highest BCUT2D eigenvalue weighted by atomic mass is 19.1. The first-order valence-electron chi connectivity index (χ1n) is 8.28. The molecule has 0 unspecified atom stereocenters. The molecule has 0 saturated heterocycles. The van der Waals surface area contributed by atoms with Crippen molar-refractivity contribution in [3.05, 3.63) is 71.0 Å². The van der Waals surface area contributed by atoms with Gasteiger partial charge in [-0.25, -0.2) is 4.39 Å². The van der Waals surface area contributed by atoms with Crippen molar-refractivity contribution < 1.29 is 14.2 Å². The quantitative estimate of drug-likeness (QED) is 0.562. The molecule has 0 aliphatic heterocycles. The summed E-state index contributed by atoms with van der Waals surface area (Å²) in [5.41, 5.74) is 3.35. The number of aliphatic hydroxyl groups is 1. The van der Waals surface area contributed by atoms with Crippen LogP contribution in [0.5, 0.6) is 0 Å². The van der Waals surface area contributed by atoms with Crippen molar-refractivity contribution in [3.8, 4) is 12.3 Å². The zero-order chi connectivity index (χ0) is 18.1. The van der Waals surface area contributed by atoms with Gasteiger partial charge in [-0.3, -0.25) is 4.90 Å². The number of hydrogen-bond donors (Lipinski definition) is 1. The minimum absolute atomic E-state index is 0.187. The molecule has 25 heavy (non-hydrogen) atoms. The van der Waals surface area contributed by atoms with Crippen LogP contribution in [0.25, 0.3) is 0 Å². The molecule has 0 fully saturated rings. The normalized spacial score (nSPS) is 12.1. The Hall–Kier alpha value is -2.19. The molecule has 0 heterocycles. The molecule has 0 bridgehead atoms. The maximum Gasteiger partial charge on any atom is 0.123 e. The topological polar surface area (TPSA) is 32.7 Å². The smallest absolute Gasteiger partial charge is 0.123 e. The van der Waals surface area contributed by atoms with Crippen LogP contribution in [-0.4, -0.2) is 35.9 Å². The fourth-order valence-electron chi connectivity index (χ4n) is 2.59. The maximum atomic E-state index is 13.1. The summed E-state index contributed by atoms with van der Waals surface area (Å²) in [4.78, 5) is 2.11. The van der Waals surface area contributed by atoms with E-state index in [1.807, 2.05) is 6.92 Å². The first-order chi connectivity index (χ1) is 12.1. The lowest BCUT2D eigenvalue weighted by molar-refractivity contribution is 0.0243. The Kier molecular flexibility index (Phi) is 7.62. The molecular formula is C21H24FNO2. The molecule has 2 rings (SSSR count). The molecule has 0 aliphatic carbocycles. The minimum atomic E-state index is -0.640. The van der Waals surface area contributed by atoms with Crippen LogP contribution in [0.2, 0.25) is 0 Å². The second-order valence-corrected chi connectivity index (χ2v) is 6.15. The molecule has 0 aliphatic rings.